The van der Waals surface area contributed by atoms with Gasteiger partial charge in [0.25, 0.3) is 0 Å². The Morgan fingerprint density at radius 3 is 2.67 bits per heavy atom. The molecule has 1 saturated carbocycles. The molecular formula is C9H14O3. The number of hydrogen-bond acceptors (Lipinski definition) is 2. The zero-order valence-electron chi connectivity index (χ0n) is 7.19. The van der Waals surface area contributed by atoms with E-state index in [0.717, 1.165) is 19.1 Å². The largest absolute Gasteiger partial charge is 0.481 e. The molecule has 3 heteroatoms. The Bertz CT molecular complexity index is 188. The highest BCUT2D eigenvalue weighted by Gasteiger charge is 2.32. The Morgan fingerprint density at radius 2 is 2.17 bits per heavy atom. The Kier molecular flexibility index (Phi) is 2.84. The molecule has 0 aromatic heterocycles. The molecule has 3 atom stereocenters. The third kappa shape index (κ3) is 1.84. The molecule has 1 aliphatic rings. The van der Waals surface area contributed by atoms with Crippen molar-refractivity contribution in [2.45, 2.75) is 26.2 Å². The summed E-state index contributed by atoms with van der Waals surface area (Å²) in [5, 5.41) is 8.77. The predicted octanol–water partition coefficient (Wildman–Crippen LogP) is 1.32. The first kappa shape index (κ1) is 9.23. The Balaban J connectivity index is 2.62. The number of carboxylic acids is 1. The molecule has 1 N–H and O–H groups in total. The standard InChI is InChI=1S/C9H14O3/c1-6-2-3-8(9(11)12)7(4-6)5-10/h5-8H,2-4H2,1H3,(H,11,12). The summed E-state index contributed by atoms with van der Waals surface area (Å²) in [5.41, 5.74) is 0. The third-order valence-electron chi connectivity index (χ3n) is 2.65. The average molecular weight is 170 g/mol. The maximum atomic E-state index is 10.7. The van der Waals surface area contributed by atoms with Crippen molar-refractivity contribution >= 4 is 12.3 Å². The van der Waals surface area contributed by atoms with Crippen LogP contribution in [0.5, 0.6) is 0 Å². The van der Waals surface area contributed by atoms with E-state index in [2.05, 4.69) is 6.92 Å². The Labute approximate surface area is 71.8 Å². The minimum Gasteiger partial charge on any atom is -0.481 e. The Morgan fingerprint density at radius 1 is 1.50 bits per heavy atom. The van der Waals surface area contributed by atoms with Crippen LogP contribution in [0.1, 0.15) is 26.2 Å². The van der Waals surface area contributed by atoms with Crippen molar-refractivity contribution in [1.29, 1.82) is 0 Å². The SMILES string of the molecule is CC1CCC(C(=O)O)C(C=O)C1. The molecule has 0 heterocycles. The van der Waals surface area contributed by atoms with Gasteiger partial charge >= 0.3 is 5.97 Å². The second-order valence-electron chi connectivity index (χ2n) is 3.66. The average Bonchev–Trinajstić information content (AvgIpc) is 2.03. The molecule has 1 fully saturated rings. The van der Waals surface area contributed by atoms with Crippen LogP contribution in [0.25, 0.3) is 0 Å². The number of carbonyl (C=O) groups is 2. The summed E-state index contributed by atoms with van der Waals surface area (Å²) in [6.45, 7) is 2.06. The van der Waals surface area contributed by atoms with E-state index in [9.17, 15) is 9.59 Å². The van der Waals surface area contributed by atoms with E-state index in [1.54, 1.807) is 0 Å². The smallest absolute Gasteiger partial charge is 0.307 e. The first-order valence-corrected chi connectivity index (χ1v) is 4.33. The van der Waals surface area contributed by atoms with Crippen LogP contribution in [0.3, 0.4) is 0 Å². The van der Waals surface area contributed by atoms with Crippen LogP contribution in [-0.2, 0) is 9.59 Å². The highest BCUT2D eigenvalue weighted by Crippen LogP contribution is 2.32. The summed E-state index contributed by atoms with van der Waals surface area (Å²) in [4.78, 5) is 21.2. The minimum absolute atomic E-state index is 0.258. The zero-order valence-corrected chi connectivity index (χ0v) is 7.19. The molecular weight excluding hydrogens is 156 g/mol. The number of carboxylic acid groups (broad SMARTS) is 1. The third-order valence-corrected chi connectivity index (χ3v) is 2.65. The molecule has 12 heavy (non-hydrogen) atoms. The number of rotatable bonds is 2. The van der Waals surface area contributed by atoms with E-state index in [1.165, 1.54) is 0 Å². The highest BCUT2D eigenvalue weighted by atomic mass is 16.4. The van der Waals surface area contributed by atoms with E-state index >= 15 is 0 Å². The second-order valence-corrected chi connectivity index (χ2v) is 3.66. The second kappa shape index (κ2) is 3.70. The van der Waals surface area contributed by atoms with Crippen LogP contribution in [0, 0.1) is 17.8 Å². The summed E-state index contributed by atoms with van der Waals surface area (Å²) < 4.78 is 0. The van der Waals surface area contributed by atoms with Gasteiger partial charge in [-0.05, 0) is 25.2 Å². The molecule has 1 aliphatic carbocycles. The highest BCUT2D eigenvalue weighted by molar-refractivity contribution is 5.75. The van der Waals surface area contributed by atoms with Crippen molar-refractivity contribution in [3.8, 4) is 0 Å². The van der Waals surface area contributed by atoms with E-state index in [-0.39, 0.29) is 5.92 Å². The molecule has 0 saturated heterocycles. The zero-order chi connectivity index (χ0) is 9.14. The molecule has 0 amide bonds. The van der Waals surface area contributed by atoms with Crippen molar-refractivity contribution in [1.82, 2.24) is 0 Å². The van der Waals surface area contributed by atoms with Crippen LogP contribution in [0.2, 0.25) is 0 Å². The van der Waals surface area contributed by atoms with Crippen LogP contribution < -0.4 is 0 Å². The maximum Gasteiger partial charge on any atom is 0.307 e. The van der Waals surface area contributed by atoms with Crippen molar-refractivity contribution in [3.05, 3.63) is 0 Å². The van der Waals surface area contributed by atoms with Gasteiger partial charge in [0.05, 0.1) is 5.92 Å². The lowest BCUT2D eigenvalue weighted by Crippen LogP contribution is -2.30. The van der Waals surface area contributed by atoms with Crippen molar-refractivity contribution in [3.63, 3.8) is 0 Å². The molecule has 0 aromatic carbocycles. The van der Waals surface area contributed by atoms with Gasteiger partial charge in [0.1, 0.15) is 6.29 Å². The van der Waals surface area contributed by atoms with Gasteiger partial charge in [0.15, 0.2) is 0 Å². The van der Waals surface area contributed by atoms with Crippen molar-refractivity contribution in [2.75, 3.05) is 0 Å². The molecule has 0 aliphatic heterocycles. The van der Waals surface area contributed by atoms with Crippen LogP contribution in [-0.4, -0.2) is 17.4 Å². The fraction of sp³-hybridized carbons (Fsp3) is 0.778. The Hall–Kier alpha value is -0.860. The monoisotopic (exact) mass is 170 g/mol. The summed E-state index contributed by atoms with van der Waals surface area (Å²) in [7, 11) is 0. The van der Waals surface area contributed by atoms with Gasteiger partial charge in [0, 0.05) is 5.92 Å². The van der Waals surface area contributed by atoms with Gasteiger partial charge in [-0.2, -0.15) is 0 Å². The molecule has 0 spiro atoms. The predicted molar refractivity (Wildman–Crippen MR) is 43.7 cm³/mol. The molecule has 0 radical (unpaired) electrons. The minimum atomic E-state index is -0.820. The van der Waals surface area contributed by atoms with Crippen LogP contribution in [0.15, 0.2) is 0 Å². The topological polar surface area (TPSA) is 54.4 Å². The lowest BCUT2D eigenvalue weighted by Gasteiger charge is -2.28. The van der Waals surface area contributed by atoms with Crippen LogP contribution in [0.4, 0.5) is 0 Å². The summed E-state index contributed by atoms with van der Waals surface area (Å²) in [5.74, 6) is -1.01. The molecule has 0 bridgehead atoms. The lowest BCUT2D eigenvalue weighted by atomic mass is 9.75. The van der Waals surface area contributed by atoms with Gasteiger partial charge < -0.3 is 9.90 Å². The van der Waals surface area contributed by atoms with Gasteiger partial charge in [-0.15, -0.1) is 0 Å². The van der Waals surface area contributed by atoms with E-state index in [0.29, 0.717) is 12.3 Å². The van der Waals surface area contributed by atoms with Gasteiger partial charge in [-0.1, -0.05) is 6.92 Å². The fourth-order valence-corrected chi connectivity index (χ4v) is 1.88. The number of aliphatic carboxylic acids is 1. The number of hydrogen-bond donors (Lipinski definition) is 1. The quantitative estimate of drug-likeness (QED) is 0.636. The van der Waals surface area contributed by atoms with Gasteiger partial charge in [-0.25, -0.2) is 0 Å². The van der Waals surface area contributed by atoms with E-state index in [4.69, 9.17) is 5.11 Å². The van der Waals surface area contributed by atoms with Gasteiger partial charge in [0.2, 0.25) is 0 Å². The first-order chi connectivity index (χ1) is 5.65. The summed E-state index contributed by atoms with van der Waals surface area (Å²) in [6.07, 6.45) is 3.12. The molecule has 3 nitrogen and oxygen atoms in total. The maximum absolute atomic E-state index is 10.7. The van der Waals surface area contributed by atoms with Gasteiger partial charge in [-0.3, -0.25) is 4.79 Å². The summed E-state index contributed by atoms with van der Waals surface area (Å²) >= 11 is 0. The van der Waals surface area contributed by atoms with E-state index in [1.807, 2.05) is 0 Å². The molecule has 68 valence electrons. The van der Waals surface area contributed by atoms with E-state index < -0.39 is 11.9 Å². The molecule has 1 rings (SSSR count). The fourth-order valence-electron chi connectivity index (χ4n) is 1.88. The van der Waals surface area contributed by atoms with Crippen molar-refractivity contribution < 1.29 is 14.7 Å². The summed E-state index contributed by atoms with van der Waals surface area (Å²) in [6, 6.07) is 0. The number of aldehydes is 1. The van der Waals surface area contributed by atoms with Crippen molar-refractivity contribution in [2.24, 2.45) is 17.8 Å². The molecule has 3 unspecified atom stereocenters. The normalized spacial score (nSPS) is 35.9. The lowest BCUT2D eigenvalue weighted by molar-refractivity contribution is -0.146. The first-order valence-electron chi connectivity index (χ1n) is 4.33. The molecule has 0 aromatic rings. The van der Waals surface area contributed by atoms with Crippen LogP contribution >= 0.6 is 0 Å². The number of carbonyl (C=O) groups excluding carboxylic acids is 1.